The van der Waals surface area contributed by atoms with E-state index < -0.39 is 34.7 Å². The summed E-state index contributed by atoms with van der Waals surface area (Å²) < 4.78 is 77.7. The smallest absolute Gasteiger partial charge is 0.451 e. The molecule has 0 saturated heterocycles. The first-order valence-electron chi connectivity index (χ1n) is 9.95. The van der Waals surface area contributed by atoms with E-state index in [2.05, 4.69) is 25.3 Å². The molecule has 0 aliphatic carbocycles. The lowest BCUT2D eigenvalue weighted by molar-refractivity contribution is -0.145. The van der Waals surface area contributed by atoms with Crippen LogP contribution >= 0.6 is 11.6 Å². The predicted molar refractivity (Wildman–Crippen MR) is 117 cm³/mol. The summed E-state index contributed by atoms with van der Waals surface area (Å²) >= 11 is 5.66. The van der Waals surface area contributed by atoms with Crippen molar-refractivity contribution in [2.75, 3.05) is 19.0 Å². The molecule has 0 amide bonds. The third-order valence-corrected chi connectivity index (χ3v) is 4.96. The molecule has 4 rings (SSSR count). The number of hydrogen-bond acceptors (Lipinski definition) is 7. The molecule has 0 atom stereocenters. The van der Waals surface area contributed by atoms with Crippen LogP contribution in [0.5, 0.6) is 17.4 Å². The number of rotatable bonds is 7. The van der Waals surface area contributed by atoms with Gasteiger partial charge in [0.25, 0.3) is 0 Å². The SMILES string of the molecule is COc1cc(CCNc2ncnc3c(F)ccc(F)c23)ccc1Oc1cc(Cl)nc(C(F)(F)F)n1. The van der Waals surface area contributed by atoms with Crippen molar-refractivity contribution >= 4 is 28.3 Å². The molecule has 7 nitrogen and oxygen atoms in total. The molecule has 2 heterocycles. The molecule has 0 unspecified atom stereocenters. The van der Waals surface area contributed by atoms with Gasteiger partial charge in [-0.3, -0.25) is 0 Å². The highest BCUT2D eigenvalue weighted by atomic mass is 35.5. The van der Waals surface area contributed by atoms with E-state index in [4.69, 9.17) is 21.1 Å². The summed E-state index contributed by atoms with van der Waals surface area (Å²) in [6.07, 6.45) is -3.25. The zero-order chi connectivity index (χ0) is 25.2. The molecule has 182 valence electrons. The number of nitrogens with one attached hydrogen (secondary N) is 1. The Morgan fingerprint density at radius 1 is 0.971 bits per heavy atom. The van der Waals surface area contributed by atoms with Crippen LogP contribution in [-0.2, 0) is 12.6 Å². The summed E-state index contributed by atoms with van der Waals surface area (Å²) in [6, 6.07) is 7.80. The Bertz CT molecular complexity index is 1390. The van der Waals surface area contributed by atoms with Crippen LogP contribution in [0.25, 0.3) is 10.9 Å². The van der Waals surface area contributed by atoms with Gasteiger partial charge >= 0.3 is 6.18 Å². The molecule has 35 heavy (non-hydrogen) atoms. The summed E-state index contributed by atoms with van der Waals surface area (Å²) in [4.78, 5) is 14.3. The molecule has 4 aromatic rings. The minimum absolute atomic E-state index is 0.0597. The Labute approximate surface area is 199 Å². The van der Waals surface area contributed by atoms with Crippen molar-refractivity contribution in [3.05, 3.63) is 70.9 Å². The molecule has 0 aliphatic heterocycles. The molecule has 0 bridgehead atoms. The van der Waals surface area contributed by atoms with Crippen LogP contribution < -0.4 is 14.8 Å². The van der Waals surface area contributed by atoms with Gasteiger partial charge in [-0.2, -0.15) is 18.2 Å². The summed E-state index contributed by atoms with van der Waals surface area (Å²) in [6.45, 7) is 0.294. The Kier molecular flexibility index (Phi) is 6.83. The number of anilines is 1. The number of methoxy groups -OCH3 is 1. The van der Waals surface area contributed by atoms with Crippen LogP contribution in [0.3, 0.4) is 0 Å². The van der Waals surface area contributed by atoms with Crippen LogP contribution in [0.4, 0.5) is 27.8 Å². The van der Waals surface area contributed by atoms with Gasteiger partial charge in [-0.1, -0.05) is 17.7 Å². The first kappa shape index (κ1) is 24.3. The quantitative estimate of drug-likeness (QED) is 0.247. The maximum Gasteiger partial charge on any atom is 0.451 e. The average Bonchev–Trinajstić information content (AvgIpc) is 2.81. The lowest BCUT2D eigenvalue weighted by atomic mass is 10.1. The second-order valence-corrected chi connectivity index (χ2v) is 7.48. The number of ether oxygens (including phenoxy) is 2. The first-order chi connectivity index (χ1) is 16.7. The van der Waals surface area contributed by atoms with Crippen molar-refractivity contribution < 1.29 is 31.4 Å². The highest BCUT2D eigenvalue weighted by Gasteiger charge is 2.35. The maximum absolute atomic E-state index is 14.2. The number of halogens is 6. The van der Waals surface area contributed by atoms with Crippen LogP contribution in [0.1, 0.15) is 11.4 Å². The fourth-order valence-corrected chi connectivity index (χ4v) is 3.37. The third-order valence-electron chi connectivity index (χ3n) is 4.76. The molecule has 0 saturated carbocycles. The number of aromatic nitrogens is 4. The maximum atomic E-state index is 14.2. The highest BCUT2D eigenvalue weighted by Crippen LogP contribution is 2.34. The third kappa shape index (κ3) is 5.48. The van der Waals surface area contributed by atoms with E-state index >= 15 is 0 Å². The van der Waals surface area contributed by atoms with Crippen molar-refractivity contribution in [1.82, 2.24) is 19.9 Å². The van der Waals surface area contributed by atoms with Crippen LogP contribution in [0.15, 0.2) is 42.7 Å². The summed E-state index contributed by atoms with van der Waals surface area (Å²) in [5.74, 6) is -2.70. The summed E-state index contributed by atoms with van der Waals surface area (Å²) in [5.41, 5.74) is 0.618. The predicted octanol–water partition coefficient (Wildman–Crippen LogP) is 5.83. The molecule has 0 spiro atoms. The lowest BCUT2D eigenvalue weighted by Crippen LogP contribution is -2.11. The van der Waals surface area contributed by atoms with E-state index in [-0.39, 0.29) is 28.2 Å². The second-order valence-electron chi connectivity index (χ2n) is 7.09. The van der Waals surface area contributed by atoms with Gasteiger partial charge in [-0.15, -0.1) is 0 Å². The molecule has 13 heteroatoms. The second kappa shape index (κ2) is 9.82. The monoisotopic (exact) mass is 511 g/mol. The van der Waals surface area contributed by atoms with Crippen molar-refractivity contribution in [3.8, 4) is 17.4 Å². The zero-order valence-electron chi connectivity index (χ0n) is 17.8. The minimum Gasteiger partial charge on any atom is -0.493 e. The van der Waals surface area contributed by atoms with Gasteiger partial charge in [0.1, 0.15) is 34.4 Å². The molecule has 0 radical (unpaired) electrons. The average molecular weight is 512 g/mol. The van der Waals surface area contributed by atoms with Crippen LogP contribution in [-0.4, -0.2) is 33.6 Å². The normalized spacial score (nSPS) is 11.5. The fraction of sp³-hybridized carbons (Fsp3) is 0.182. The molecular weight excluding hydrogens is 497 g/mol. The number of alkyl halides is 3. The van der Waals surface area contributed by atoms with Crippen molar-refractivity contribution in [2.45, 2.75) is 12.6 Å². The van der Waals surface area contributed by atoms with E-state index in [0.717, 1.165) is 30.1 Å². The van der Waals surface area contributed by atoms with Crippen LogP contribution in [0, 0.1) is 11.6 Å². The highest BCUT2D eigenvalue weighted by molar-refractivity contribution is 6.29. The number of hydrogen-bond donors (Lipinski definition) is 1. The summed E-state index contributed by atoms with van der Waals surface area (Å²) in [5, 5.41) is 2.46. The molecule has 0 fully saturated rings. The van der Waals surface area contributed by atoms with Crippen molar-refractivity contribution in [2.24, 2.45) is 0 Å². The van der Waals surface area contributed by atoms with E-state index in [0.29, 0.717) is 13.0 Å². The molecular formula is C22H15ClF5N5O2. The number of nitrogens with zero attached hydrogens (tertiary/aromatic N) is 4. The molecule has 1 N–H and O–H groups in total. The van der Waals surface area contributed by atoms with Gasteiger partial charge in [0.2, 0.25) is 11.7 Å². The Morgan fingerprint density at radius 3 is 2.49 bits per heavy atom. The van der Waals surface area contributed by atoms with Gasteiger partial charge in [-0.05, 0) is 36.2 Å². The Balaban J connectivity index is 1.49. The molecule has 2 aromatic carbocycles. The molecule has 2 aromatic heterocycles. The standard InChI is InChI=1S/C22H15ClF5N5O2/c1-34-15-8-11(2-5-14(15)35-17-9-16(23)32-21(33-17)22(26,27)28)6-7-29-20-18-12(24)3-4-13(25)19(18)30-10-31-20/h2-5,8-10H,6-7H2,1H3,(H,29,30,31). The molecule has 0 aliphatic rings. The van der Waals surface area contributed by atoms with Gasteiger partial charge < -0.3 is 14.8 Å². The fourth-order valence-electron chi connectivity index (χ4n) is 3.20. The van der Waals surface area contributed by atoms with Gasteiger partial charge in [0, 0.05) is 12.6 Å². The first-order valence-corrected chi connectivity index (χ1v) is 10.3. The Hall–Kier alpha value is -3.80. The lowest BCUT2D eigenvalue weighted by Gasteiger charge is -2.13. The van der Waals surface area contributed by atoms with E-state index in [9.17, 15) is 22.0 Å². The van der Waals surface area contributed by atoms with E-state index in [1.807, 2.05) is 0 Å². The van der Waals surface area contributed by atoms with Crippen LogP contribution in [0.2, 0.25) is 5.15 Å². The zero-order valence-corrected chi connectivity index (χ0v) is 18.6. The number of benzene rings is 2. The van der Waals surface area contributed by atoms with Gasteiger partial charge in [0.15, 0.2) is 11.5 Å². The Morgan fingerprint density at radius 2 is 1.74 bits per heavy atom. The largest absolute Gasteiger partial charge is 0.493 e. The van der Waals surface area contributed by atoms with Gasteiger partial charge in [0.05, 0.1) is 12.5 Å². The van der Waals surface area contributed by atoms with E-state index in [1.165, 1.54) is 13.2 Å². The summed E-state index contributed by atoms with van der Waals surface area (Å²) in [7, 11) is 1.36. The van der Waals surface area contributed by atoms with Gasteiger partial charge in [-0.25, -0.2) is 23.7 Å². The topological polar surface area (TPSA) is 82.0 Å². The minimum atomic E-state index is -4.80. The van der Waals surface area contributed by atoms with E-state index in [1.54, 1.807) is 12.1 Å². The van der Waals surface area contributed by atoms with Crippen molar-refractivity contribution in [1.29, 1.82) is 0 Å². The van der Waals surface area contributed by atoms with Crippen molar-refractivity contribution in [3.63, 3.8) is 0 Å². The number of fused-ring (bicyclic) bond motifs is 1.